The fourth-order valence-corrected chi connectivity index (χ4v) is 2.37. The molecule has 1 aromatic carbocycles. The Bertz CT molecular complexity index is 727. The number of benzene rings is 1. The Morgan fingerprint density at radius 2 is 2.19 bits per heavy atom. The molecule has 108 valence electrons. The molecule has 2 aromatic heterocycles. The SMILES string of the molecule is NNC(CCc1cccnc1)c1cc2cc(F)ccc2o1. The lowest BCUT2D eigenvalue weighted by Gasteiger charge is -2.12. The van der Waals surface area contributed by atoms with Crippen LogP contribution in [0, 0.1) is 5.82 Å². The van der Waals surface area contributed by atoms with Crippen LogP contribution in [-0.2, 0) is 6.42 Å². The second kappa shape index (κ2) is 6.03. The van der Waals surface area contributed by atoms with E-state index in [-0.39, 0.29) is 11.9 Å². The second-order valence-corrected chi connectivity index (χ2v) is 4.95. The van der Waals surface area contributed by atoms with Crippen LogP contribution in [0.2, 0.25) is 0 Å². The van der Waals surface area contributed by atoms with Crippen molar-refractivity contribution >= 4 is 11.0 Å². The fourth-order valence-electron chi connectivity index (χ4n) is 2.37. The van der Waals surface area contributed by atoms with Crippen molar-refractivity contribution in [2.24, 2.45) is 5.84 Å². The van der Waals surface area contributed by atoms with Gasteiger partial charge in [0.15, 0.2) is 0 Å². The van der Waals surface area contributed by atoms with Gasteiger partial charge in [-0.05, 0) is 48.7 Å². The number of furan rings is 1. The van der Waals surface area contributed by atoms with E-state index in [1.165, 1.54) is 12.1 Å². The first-order chi connectivity index (χ1) is 10.3. The monoisotopic (exact) mass is 285 g/mol. The van der Waals surface area contributed by atoms with Crippen LogP contribution in [0.25, 0.3) is 11.0 Å². The highest BCUT2D eigenvalue weighted by molar-refractivity contribution is 5.78. The highest BCUT2D eigenvalue weighted by Gasteiger charge is 2.15. The summed E-state index contributed by atoms with van der Waals surface area (Å²) < 4.78 is 18.9. The van der Waals surface area contributed by atoms with Gasteiger partial charge in [0.1, 0.15) is 17.2 Å². The predicted molar refractivity (Wildman–Crippen MR) is 78.8 cm³/mol. The van der Waals surface area contributed by atoms with Gasteiger partial charge in [0.05, 0.1) is 6.04 Å². The summed E-state index contributed by atoms with van der Waals surface area (Å²) in [6, 6.07) is 10.1. The number of aromatic nitrogens is 1. The van der Waals surface area contributed by atoms with Gasteiger partial charge < -0.3 is 4.42 Å². The van der Waals surface area contributed by atoms with Gasteiger partial charge in [-0.25, -0.2) is 9.82 Å². The van der Waals surface area contributed by atoms with Crippen molar-refractivity contribution in [1.29, 1.82) is 0 Å². The van der Waals surface area contributed by atoms with E-state index in [0.29, 0.717) is 11.3 Å². The smallest absolute Gasteiger partial charge is 0.134 e. The first-order valence-electron chi connectivity index (χ1n) is 6.80. The highest BCUT2D eigenvalue weighted by Crippen LogP contribution is 2.26. The molecule has 0 aliphatic rings. The molecule has 1 unspecified atom stereocenters. The summed E-state index contributed by atoms with van der Waals surface area (Å²) in [5.74, 6) is 6.06. The zero-order chi connectivity index (χ0) is 14.7. The van der Waals surface area contributed by atoms with Crippen molar-refractivity contribution in [3.63, 3.8) is 0 Å². The molecule has 0 spiro atoms. The number of nitrogens with one attached hydrogen (secondary N) is 1. The molecule has 0 aliphatic heterocycles. The lowest BCUT2D eigenvalue weighted by atomic mass is 10.1. The molecule has 3 aromatic rings. The molecule has 0 saturated carbocycles. The number of hydrazine groups is 1. The quantitative estimate of drug-likeness (QED) is 0.558. The standard InChI is InChI=1S/C16H16FN3O/c17-13-4-6-15-12(8-13)9-16(21-15)14(20-18)5-3-11-2-1-7-19-10-11/h1-2,4,6-10,14,20H,3,5,18H2. The van der Waals surface area contributed by atoms with Gasteiger partial charge in [0.2, 0.25) is 0 Å². The molecule has 0 aliphatic carbocycles. The summed E-state index contributed by atoms with van der Waals surface area (Å²) in [6.45, 7) is 0. The largest absolute Gasteiger partial charge is 0.459 e. The summed E-state index contributed by atoms with van der Waals surface area (Å²) >= 11 is 0. The van der Waals surface area contributed by atoms with Crippen LogP contribution in [0.15, 0.2) is 53.2 Å². The Morgan fingerprint density at radius 3 is 2.95 bits per heavy atom. The van der Waals surface area contributed by atoms with Crippen LogP contribution < -0.4 is 11.3 Å². The van der Waals surface area contributed by atoms with Gasteiger partial charge in [-0.2, -0.15) is 0 Å². The third-order valence-corrected chi connectivity index (χ3v) is 3.49. The van der Waals surface area contributed by atoms with Gasteiger partial charge in [-0.1, -0.05) is 6.07 Å². The Kier molecular flexibility index (Phi) is 3.94. The molecule has 0 saturated heterocycles. The van der Waals surface area contributed by atoms with Crippen LogP contribution >= 0.6 is 0 Å². The number of hydrogen-bond donors (Lipinski definition) is 2. The zero-order valence-electron chi connectivity index (χ0n) is 11.4. The average Bonchev–Trinajstić information content (AvgIpc) is 2.92. The Labute approximate surface area is 121 Å². The maximum atomic E-state index is 13.2. The predicted octanol–water partition coefficient (Wildman–Crippen LogP) is 3.10. The van der Waals surface area contributed by atoms with Crippen molar-refractivity contribution in [3.05, 3.63) is 65.9 Å². The third kappa shape index (κ3) is 3.09. The molecule has 0 radical (unpaired) electrons. The lowest BCUT2D eigenvalue weighted by molar-refractivity contribution is 0.417. The number of hydrogen-bond acceptors (Lipinski definition) is 4. The van der Waals surface area contributed by atoms with E-state index < -0.39 is 0 Å². The number of aryl methyl sites for hydroxylation is 1. The van der Waals surface area contributed by atoms with E-state index >= 15 is 0 Å². The second-order valence-electron chi connectivity index (χ2n) is 4.95. The number of nitrogens with zero attached hydrogens (tertiary/aromatic N) is 1. The molecule has 2 heterocycles. The zero-order valence-corrected chi connectivity index (χ0v) is 11.4. The Hall–Kier alpha value is -2.24. The summed E-state index contributed by atoms with van der Waals surface area (Å²) in [5.41, 5.74) is 4.56. The van der Waals surface area contributed by atoms with Crippen LogP contribution in [0.1, 0.15) is 23.8 Å². The third-order valence-electron chi connectivity index (χ3n) is 3.49. The molecular formula is C16H16FN3O. The van der Waals surface area contributed by atoms with Gasteiger partial charge in [0, 0.05) is 17.8 Å². The van der Waals surface area contributed by atoms with Gasteiger partial charge in [-0.3, -0.25) is 10.8 Å². The minimum atomic E-state index is -0.275. The molecule has 1 atom stereocenters. The van der Waals surface area contributed by atoms with E-state index in [2.05, 4.69) is 10.4 Å². The molecule has 4 nitrogen and oxygen atoms in total. The average molecular weight is 285 g/mol. The summed E-state index contributed by atoms with van der Waals surface area (Å²) in [4.78, 5) is 4.09. The first-order valence-corrected chi connectivity index (χ1v) is 6.80. The van der Waals surface area contributed by atoms with E-state index in [1.54, 1.807) is 12.3 Å². The van der Waals surface area contributed by atoms with E-state index in [9.17, 15) is 4.39 Å². The van der Waals surface area contributed by atoms with Crippen LogP contribution in [-0.4, -0.2) is 4.98 Å². The van der Waals surface area contributed by atoms with Crippen molar-refractivity contribution in [2.75, 3.05) is 0 Å². The van der Waals surface area contributed by atoms with Gasteiger partial charge in [0.25, 0.3) is 0 Å². The lowest BCUT2D eigenvalue weighted by Crippen LogP contribution is -2.28. The summed E-state index contributed by atoms with van der Waals surface area (Å²) in [5, 5.41) is 0.742. The van der Waals surface area contributed by atoms with Crippen LogP contribution in [0.4, 0.5) is 4.39 Å². The molecule has 0 amide bonds. The Morgan fingerprint density at radius 1 is 1.29 bits per heavy atom. The maximum Gasteiger partial charge on any atom is 0.134 e. The molecular weight excluding hydrogens is 269 g/mol. The van der Waals surface area contributed by atoms with Crippen LogP contribution in [0.5, 0.6) is 0 Å². The number of pyridine rings is 1. The van der Waals surface area contributed by atoms with Crippen molar-refractivity contribution in [1.82, 2.24) is 10.4 Å². The van der Waals surface area contributed by atoms with E-state index in [0.717, 1.165) is 23.8 Å². The van der Waals surface area contributed by atoms with E-state index in [4.69, 9.17) is 10.3 Å². The molecule has 3 rings (SSSR count). The molecule has 0 bridgehead atoms. The number of rotatable bonds is 5. The summed E-state index contributed by atoms with van der Waals surface area (Å²) in [6.07, 6.45) is 5.18. The minimum absolute atomic E-state index is 0.124. The van der Waals surface area contributed by atoms with Crippen molar-refractivity contribution < 1.29 is 8.81 Å². The molecule has 3 N–H and O–H groups in total. The number of halogens is 1. The highest BCUT2D eigenvalue weighted by atomic mass is 19.1. The van der Waals surface area contributed by atoms with Crippen molar-refractivity contribution in [3.8, 4) is 0 Å². The normalized spacial score (nSPS) is 12.7. The van der Waals surface area contributed by atoms with Gasteiger partial charge >= 0.3 is 0 Å². The van der Waals surface area contributed by atoms with Crippen molar-refractivity contribution in [2.45, 2.75) is 18.9 Å². The Balaban J connectivity index is 1.78. The number of fused-ring (bicyclic) bond motifs is 1. The topological polar surface area (TPSA) is 64.1 Å². The maximum absolute atomic E-state index is 13.2. The van der Waals surface area contributed by atoms with E-state index in [1.807, 2.05) is 24.4 Å². The molecule has 21 heavy (non-hydrogen) atoms. The van der Waals surface area contributed by atoms with Crippen LogP contribution in [0.3, 0.4) is 0 Å². The fraction of sp³-hybridized carbons (Fsp3) is 0.188. The van der Waals surface area contributed by atoms with Gasteiger partial charge in [-0.15, -0.1) is 0 Å². The first kappa shape index (κ1) is 13.7. The minimum Gasteiger partial charge on any atom is -0.459 e. The molecule has 0 fully saturated rings. The molecule has 5 heteroatoms. The summed E-state index contributed by atoms with van der Waals surface area (Å²) in [7, 11) is 0. The number of nitrogens with two attached hydrogens (primary N) is 1.